The van der Waals surface area contributed by atoms with E-state index in [0.717, 1.165) is 22.4 Å². The van der Waals surface area contributed by atoms with E-state index in [9.17, 15) is 15.0 Å². The second-order valence-electron chi connectivity index (χ2n) is 10.1. The van der Waals surface area contributed by atoms with Gasteiger partial charge in [-0.2, -0.15) is 0 Å². The highest BCUT2D eigenvalue weighted by molar-refractivity contribution is 5.89. The molecule has 0 radical (unpaired) electrons. The molecule has 11 heteroatoms. The van der Waals surface area contributed by atoms with Crippen molar-refractivity contribution in [2.75, 3.05) is 5.32 Å². The number of hydrogen-bond donors (Lipinski definition) is 4. The molecule has 4 aromatic heterocycles. The van der Waals surface area contributed by atoms with Crippen molar-refractivity contribution in [2.24, 2.45) is 11.3 Å². The summed E-state index contributed by atoms with van der Waals surface area (Å²) in [5.41, 5.74) is 3.57. The number of imidazole rings is 1. The first kappa shape index (κ1) is 24.1. The molecular weight excluding hydrogens is 484 g/mol. The van der Waals surface area contributed by atoms with Gasteiger partial charge in [0.05, 0.1) is 36.1 Å². The number of pyridine rings is 2. The third-order valence-corrected chi connectivity index (χ3v) is 7.61. The standard InChI is InChI=1S/C27H28N8O3/c1-4-29-26(38)27-9-18(27)20(21(36)22(27)37)35-13-32-19-24(31-12-17-8-14(2)5-6-30-17)33-23(34-25(19)35)16-7-15(3)10-28-11-16/h4-8,10-11,13,18,20-22,36-37H,1,9,12H2,2-3H3,(H,29,38)(H,31,33,34)/t18-,20?,21+,22+,27+/m1/s1. The molecule has 11 nitrogen and oxygen atoms in total. The fourth-order valence-corrected chi connectivity index (χ4v) is 5.71. The van der Waals surface area contributed by atoms with Crippen LogP contribution in [0.25, 0.3) is 22.6 Å². The number of aromatic nitrogens is 6. The molecule has 0 aliphatic heterocycles. The van der Waals surface area contributed by atoms with E-state index in [4.69, 9.17) is 9.97 Å². The van der Waals surface area contributed by atoms with E-state index in [1.807, 2.05) is 32.0 Å². The van der Waals surface area contributed by atoms with E-state index in [-0.39, 0.29) is 11.8 Å². The summed E-state index contributed by atoms with van der Waals surface area (Å²) in [7, 11) is 0. The van der Waals surface area contributed by atoms with Crippen LogP contribution in [-0.2, 0) is 11.3 Å². The van der Waals surface area contributed by atoms with E-state index in [1.165, 1.54) is 6.20 Å². The van der Waals surface area contributed by atoms with Crippen LogP contribution < -0.4 is 10.6 Å². The predicted molar refractivity (Wildman–Crippen MR) is 140 cm³/mol. The lowest BCUT2D eigenvalue weighted by Crippen LogP contribution is -2.41. The fraction of sp³-hybridized carbons (Fsp3) is 0.333. The molecule has 38 heavy (non-hydrogen) atoms. The number of nitrogens with one attached hydrogen (secondary N) is 2. The predicted octanol–water partition coefficient (Wildman–Crippen LogP) is 2.05. The van der Waals surface area contributed by atoms with Crippen LogP contribution in [0, 0.1) is 25.2 Å². The van der Waals surface area contributed by atoms with Crippen molar-refractivity contribution < 1.29 is 15.0 Å². The van der Waals surface area contributed by atoms with Crippen LogP contribution >= 0.6 is 0 Å². The van der Waals surface area contributed by atoms with Crippen LogP contribution in [-0.4, -0.2) is 57.8 Å². The van der Waals surface area contributed by atoms with Crippen LogP contribution in [0.15, 0.2) is 55.9 Å². The molecule has 0 spiro atoms. The number of aliphatic hydroxyl groups is 2. The van der Waals surface area contributed by atoms with E-state index in [1.54, 1.807) is 29.5 Å². The van der Waals surface area contributed by atoms with Crippen LogP contribution in [0.3, 0.4) is 0 Å². The maximum atomic E-state index is 12.8. The largest absolute Gasteiger partial charge is 0.389 e. The van der Waals surface area contributed by atoms with Gasteiger partial charge in [0.25, 0.3) is 0 Å². The van der Waals surface area contributed by atoms with Crippen molar-refractivity contribution in [1.29, 1.82) is 0 Å². The summed E-state index contributed by atoms with van der Waals surface area (Å²) in [6, 6.07) is 5.29. The van der Waals surface area contributed by atoms with Gasteiger partial charge in [-0.25, -0.2) is 15.0 Å². The molecule has 1 amide bonds. The minimum Gasteiger partial charge on any atom is -0.389 e. The zero-order valence-corrected chi connectivity index (χ0v) is 21.0. The molecule has 0 bridgehead atoms. The molecule has 1 unspecified atom stereocenters. The van der Waals surface area contributed by atoms with Gasteiger partial charge in [0.1, 0.15) is 11.6 Å². The first-order chi connectivity index (χ1) is 18.3. The Morgan fingerprint density at radius 2 is 2.05 bits per heavy atom. The maximum absolute atomic E-state index is 12.8. The molecule has 6 rings (SSSR count). The second-order valence-corrected chi connectivity index (χ2v) is 10.1. The molecule has 4 heterocycles. The molecule has 194 valence electrons. The lowest BCUT2D eigenvalue weighted by atomic mass is 9.98. The number of amides is 1. The summed E-state index contributed by atoms with van der Waals surface area (Å²) in [6.45, 7) is 7.92. The molecule has 2 fully saturated rings. The topological polar surface area (TPSA) is 151 Å². The first-order valence-corrected chi connectivity index (χ1v) is 12.4. The Morgan fingerprint density at radius 3 is 2.82 bits per heavy atom. The van der Waals surface area contributed by atoms with Crippen LogP contribution in [0.1, 0.15) is 29.3 Å². The number of aryl methyl sites for hydroxylation is 2. The summed E-state index contributed by atoms with van der Waals surface area (Å²) in [4.78, 5) is 35.7. The van der Waals surface area contributed by atoms with E-state index in [0.29, 0.717) is 35.8 Å². The number of aliphatic hydroxyl groups excluding tert-OH is 2. The van der Waals surface area contributed by atoms with Gasteiger partial charge in [0, 0.05) is 30.1 Å². The number of anilines is 1. The lowest BCUT2D eigenvalue weighted by Gasteiger charge is -2.23. The summed E-state index contributed by atoms with van der Waals surface area (Å²) < 4.78 is 1.76. The highest BCUT2D eigenvalue weighted by atomic mass is 16.3. The molecule has 2 saturated carbocycles. The minimum atomic E-state index is -1.22. The monoisotopic (exact) mass is 512 g/mol. The summed E-state index contributed by atoms with van der Waals surface area (Å²) in [6.07, 6.45) is 6.15. The summed E-state index contributed by atoms with van der Waals surface area (Å²) in [5.74, 6) is 0.324. The van der Waals surface area contributed by atoms with Gasteiger partial charge in [-0.1, -0.05) is 6.58 Å². The maximum Gasteiger partial charge on any atom is 0.233 e. The van der Waals surface area contributed by atoms with Gasteiger partial charge in [-0.05, 0) is 55.8 Å². The molecule has 4 aromatic rings. The van der Waals surface area contributed by atoms with Crippen molar-refractivity contribution in [2.45, 2.75) is 45.1 Å². The molecule has 2 aliphatic rings. The van der Waals surface area contributed by atoms with Crippen LogP contribution in [0.2, 0.25) is 0 Å². The third kappa shape index (κ3) is 3.74. The molecule has 4 N–H and O–H groups in total. The zero-order valence-electron chi connectivity index (χ0n) is 21.0. The number of carbonyl (C=O) groups is 1. The normalized spacial score (nSPS) is 25.7. The average Bonchev–Trinajstić information content (AvgIpc) is 3.44. The third-order valence-electron chi connectivity index (χ3n) is 7.61. The number of fused-ring (bicyclic) bond motifs is 2. The summed E-state index contributed by atoms with van der Waals surface area (Å²) >= 11 is 0. The van der Waals surface area contributed by atoms with Crippen molar-refractivity contribution in [3.05, 3.63) is 72.7 Å². The number of rotatable bonds is 7. The number of nitrogens with zero attached hydrogens (tertiary/aromatic N) is 6. The fourth-order valence-electron chi connectivity index (χ4n) is 5.71. The van der Waals surface area contributed by atoms with Gasteiger partial charge < -0.3 is 25.4 Å². The second kappa shape index (κ2) is 8.96. The van der Waals surface area contributed by atoms with Gasteiger partial charge in [-0.15, -0.1) is 0 Å². The molecule has 0 aromatic carbocycles. The number of carbonyl (C=O) groups excluding carboxylic acids is 1. The Morgan fingerprint density at radius 1 is 1.21 bits per heavy atom. The molecule has 5 atom stereocenters. The zero-order chi connectivity index (χ0) is 26.6. The lowest BCUT2D eigenvalue weighted by molar-refractivity contribution is -0.131. The first-order valence-electron chi connectivity index (χ1n) is 12.4. The van der Waals surface area contributed by atoms with Gasteiger partial charge in [0.2, 0.25) is 5.91 Å². The number of hydrogen-bond acceptors (Lipinski definition) is 9. The Hall–Kier alpha value is -4.22. The highest BCUT2D eigenvalue weighted by Crippen LogP contribution is 2.67. The molecule has 2 aliphatic carbocycles. The van der Waals surface area contributed by atoms with Crippen molar-refractivity contribution >= 4 is 22.9 Å². The highest BCUT2D eigenvalue weighted by Gasteiger charge is 2.75. The Labute approximate surface area is 218 Å². The Kier molecular flexibility index (Phi) is 5.69. The minimum absolute atomic E-state index is 0.281. The van der Waals surface area contributed by atoms with E-state index >= 15 is 0 Å². The van der Waals surface area contributed by atoms with Gasteiger partial charge in [0.15, 0.2) is 17.3 Å². The Bertz CT molecular complexity index is 1570. The Balaban J connectivity index is 1.44. The van der Waals surface area contributed by atoms with Crippen molar-refractivity contribution in [3.8, 4) is 11.4 Å². The quantitative estimate of drug-likeness (QED) is 0.292. The van der Waals surface area contributed by atoms with Crippen LogP contribution in [0.4, 0.5) is 5.82 Å². The van der Waals surface area contributed by atoms with E-state index < -0.39 is 23.7 Å². The van der Waals surface area contributed by atoms with Crippen LogP contribution in [0.5, 0.6) is 0 Å². The molecule has 0 saturated heterocycles. The van der Waals surface area contributed by atoms with Crippen molar-refractivity contribution in [1.82, 2.24) is 34.8 Å². The SMILES string of the molecule is C=CNC(=O)[C@@]12C[C@@H]1C(n1cnc3c(NCc4cc(C)ccn4)nc(-c4cncc(C)c4)nc31)[C@H](O)[C@@H]2O. The summed E-state index contributed by atoms with van der Waals surface area (Å²) in [5, 5.41) is 27.9. The average molecular weight is 513 g/mol. The van der Waals surface area contributed by atoms with Gasteiger partial charge >= 0.3 is 0 Å². The smallest absolute Gasteiger partial charge is 0.233 e. The van der Waals surface area contributed by atoms with Crippen molar-refractivity contribution in [3.63, 3.8) is 0 Å². The van der Waals surface area contributed by atoms with Gasteiger partial charge in [-0.3, -0.25) is 14.8 Å². The molecular formula is C27H28N8O3. The van der Waals surface area contributed by atoms with E-state index in [2.05, 4.69) is 32.2 Å².